The number of amides is 1. The van der Waals surface area contributed by atoms with Crippen LogP contribution < -0.4 is 0 Å². The number of fused-ring (bicyclic) bond motifs is 2. The van der Waals surface area contributed by atoms with Gasteiger partial charge in [-0.05, 0) is 86.6 Å². The quantitative estimate of drug-likeness (QED) is 0.592. The van der Waals surface area contributed by atoms with Crippen LogP contribution >= 0.6 is 0 Å². The van der Waals surface area contributed by atoms with Crippen LogP contribution in [-0.2, 0) is 28.7 Å². The highest BCUT2D eigenvalue weighted by molar-refractivity contribution is 5.84. The summed E-state index contributed by atoms with van der Waals surface area (Å²) in [5, 5.41) is 0. The lowest BCUT2D eigenvalue weighted by atomic mass is 9.73. The first kappa shape index (κ1) is 24.1. The summed E-state index contributed by atoms with van der Waals surface area (Å²) in [6.07, 6.45) is 2.50. The van der Waals surface area contributed by atoms with Gasteiger partial charge in [0.15, 0.2) is 0 Å². The van der Waals surface area contributed by atoms with E-state index in [-0.39, 0.29) is 18.4 Å². The minimum Gasteiger partial charge on any atom is -0.381 e. The maximum atomic E-state index is 14.0. The van der Waals surface area contributed by atoms with Gasteiger partial charge in [-0.15, -0.1) is 0 Å². The second kappa shape index (κ2) is 9.12. The fourth-order valence-corrected chi connectivity index (χ4v) is 7.17. The molecule has 1 aromatic carbocycles. The predicted octanol–water partition coefficient (Wildman–Crippen LogP) is 5.29. The van der Waals surface area contributed by atoms with E-state index in [1.807, 2.05) is 4.90 Å². The van der Waals surface area contributed by atoms with Crippen molar-refractivity contribution in [3.05, 3.63) is 34.9 Å². The molecule has 0 aromatic heterocycles. The smallest absolute Gasteiger partial charge is 0.381 e. The zero-order chi connectivity index (χ0) is 24.1. The van der Waals surface area contributed by atoms with Crippen molar-refractivity contribution in [1.29, 1.82) is 0 Å². The Bertz CT molecular complexity index is 916. The second-order valence-electron chi connectivity index (χ2n) is 11.2. The molecular formula is C27H37F3N2O2. The van der Waals surface area contributed by atoms with E-state index in [2.05, 4.69) is 18.7 Å². The fraction of sp³-hybridized carbons (Fsp3) is 0.741. The van der Waals surface area contributed by atoms with Crippen LogP contribution in [0.4, 0.5) is 13.2 Å². The zero-order valence-corrected chi connectivity index (χ0v) is 20.4. The molecule has 2 saturated heterocycles. The molecule has 188 valence electrons. The maximum absolute atomic E-state index is 14.0. The second-order valence-corrected chi connectivity index (χ2v) is 11.2. The van der Waals surface area contributed by atoms with Gasteiger partial charge in [-0.2, -0.15) is 13.2 Å². The number of hydrogen-bond acceptors (Lipinski definition) is 3. The molecule has 4 atom stereocenters. The molecule has 2 unspecified atom stereocenters. The summed E-state index contributed by atoms with van der Waals surface area (Å²) in [6, 6.07) is 4.97. The number of carbonyl (C=O) groups is 1. The Morgan fingerprint density at radius 3 is 2.74 bits per heavy atom. The molecule has 1 amide bonds. The van der Waals surface area contributed by atoms with Crippen molar-refractivity contribution in [3.8, 4) is 0 Å². The third-order valence-corrected chi connectivity index (χ3v) is 9.21. The number of halogens is 3. The van der Waals surface area contributed by atoms with Crippen molar-refractivity contribution in [2.75, 3.05) is 26.3 Å². The maximum Gasteiger partial charge on any atom is 0.416 e. The molecule has 0 spiro atoms. The molecule has 4 nitrogen and oxygen atoms in total. The average molecular weight is 479 g/mol. The number of ether oxygens (including phenoxy) is 1. The highest BCUT2D eigenvalue weighted by Gasteiger charge is 2.52. The fourth-order valence-electron chi connectivity index (χ4n) is 7.17. The van der Waals surface area contributed by atoms with E-state index in [1.165, 1.54) is 18.9 Å². The van der Waals surface area contributed by atoms with Crippen LogP contribution in [0.25, 0.3) is 0 Å². The van der Waals surface area contributed by atoms with Crippen molar-refractivity contribution in [2.24, 2.45) is 17.3 Å². The van der Waals surface area contributed by atoms with Crippen LogP contribution in [0, 0.1) is 17.3 Å². The minimum atomic E-state index is -4.37. The van der Waals surface area contributed by atoms with Crippen LogP contribution in [0.15, 0.2) is 18.2 Å². The summed E-state index contributed by atoms with van der Waals surface area (Å²) < 4.78 is 45.6. The van der Waals surface area contributed by atoms with E-state index >= 15 is 0 Å². The Hall–Kier alpha value is -1.60. The lowest BCUT2D eigenvalue weighted by Crippen LogP contribution is -2.54. The first-order valence-corrected chi connectivity index (χ1v) is 13.0. The summed E-state index contributed by atoms with van der Waals surface area (Å²) in [6.45, 7) is 7.94. The third-order valence-electron chi connectivity index (χ3n) is 9.21. The van der Waals surface area contributed by atoms with Crippen LogP contribution in [0.1, 0.15) is 69.1 Å². The van der Waals surface area contributed by atoms with Crippen LogP contribution in [0.5, 0.6) is 0 Å². The number of alkyl halides is 3. The number of nitrogens with zero attached hydrogens (tertiary/aromatic N) is 2. The van der Waals surface area contributed by atoms with Gasteiger partial charge in [0.1, 0.15) is 0 Å². The number of hydrogen-bond donors (Lipinski definition) is 0. The molecule has 0 bridgehead atoms. The predicted molar refractivity (Wildman–Crippen MR) is 124 cm³/mol. The Balaban J connectivity index is 1.34. The molecule has 7 heteroatoms. The topological polar surface area (TPSA) is 32.8 Å². The van der Waals surface area contributed by atoms with Gasteiger partial charge >= 0.3 is 6.18 Å². The van der Waals surface area contributed by atoms with Crippen LogP contribution in [0.3, 0.4) is 0 Å². The van der Waals surface area contributed by atoms with E-state index in [0.29, 0.717) is 36.5 Å². The molecule has 3 heterocycles. The van der Waals surface area contributed by atoms with E-state index in [9.17, 15) is 18.0 Å². The Labute approximate surface area is 200 Å². The molecule has 3 fully saturated rings. The van der Waals surface area contributed by atoms with Crippen molar-refractivity contribution in [3.63, 3.8) is 0 Å². The first-order valence-electron chi connectivity index (χ1n) is 13.0. The monoisotopic (exact) mass is 478 g/mol. The standard InChI is InChI=1S/C27H37F3N2O2/c1-18(2)26(10-7-23(15-26)32-11-3-4-20-17-34-13-9-24(20)32)25(33)31-12-8-19-5-6-22(27(28,29)30)14-21(19)16-31/h5-6,14,18,20,23-24H,3-4,7-13,15-17H2,1-2H3/t20?,23-,24?,26+/m1/s1. The zero-order valence-electron chi connectivity index (χ0n) is 20.4. The highest BCUT2D eigenvalue weighted by Crippen LogP contribution is 2.49. The van der Waals surface area contributed by atoms with Gasteiger partial charge in [0.05, 0.1) is 17.6 Å². The van der Waals surface area contributed by atoms with E-state index in [1.54, 1.807) is 6.07 Å². The summed E-state index contributed by atoms with van der Waals surface area (Å²) in [5.41, 5.74) is 0.515. The molecule has 0 radical (unpaired) electrons. The van der Waals surface area contributed by atoms with Crippen molar-refractivity contribution >= 4 is 5.91 Å². The number of rotatable bonds is 3. The van der Waals surface area contributed by atoms with Crippen molar-refractivity contribution in [1.82, 2.24) is 9.80 Å². The van der Waals surface area contributed by atoms with Gasteiger partial charge < -0.3 is 9.64 Å². The molecule has 34 heavy (non-hydrogen) atoms. The molecule has 1 saturated carbocycles. The van der Waals surface area contributed by atoms with E-state index < -0.39 is 17.2 Å². The Morgan fingerprint density at radius 1 is 1.15 bits per heavy atom. The SMILES string of the molecule is CC(C)[C@]1(C(=O)N2CCc3ccc(C(F)(F)F)cc3C2)CC[C@@H](N2CCCC3COCCC32)C1. The summed E-state index contributed by atoms with van der Waals surface area (Å²) in [4.78, 5) is 18.6. The number of likely N-dealkylation sites (tertiary alicyclic amines) is 1. The van der Waals surface area contributed by atoms with Gasteiger partial charge in [-0.3, -0.25) is 9.69 Å². The molecular weight excluding hydrogens is 441 g/mol. The lowest BCUT2D eigenvalue weighted by molar-refractivity contribution is -0.146. The molecule has 4 aliphatic rings. The summed E-state index contributed by atoms with van der Waals surface area (Å²) >= 11 is 0. The van der Waals surface area contributed by atoms with Gasteiger partial charge in [0, 0.05) is 31.8 Å². The molecule has 3 aliphatic heterocycles. The van der Waals surface area contributed by atoms with E-state index in [4.69, 9.17) is 4.74 Å². The molecule has 5 rings (SSSR count). The van der Waals surface area contributed by atoms with Crippen molar-refractivity contribution < 1.29 is 22.7 Å². The van der Waals surface area contributed by atoms with Crippen LogP contribution in [-0.4, -0.2) is 54.1 Å². The Morgan fingerprint density at radius 2 is 1.97 bits per heavy atom. The van der Waals surface area contributed by atoms with Gasteiger partial charge in [0.25, 0.3) is 0 Å². The van der Waals surface area contributed by atoms with Gasteiger partial charge in [-0.1, -0.05) is 19.9 Å². The van der Waals surface area contributed by atoms with Gasteiger partial charge in [0.2, 0.25) is 5.91 Å². The normalized spacial score (nSPS) is 32.5. The minimum absolute atomic E-state index is 0.147. The summed E-state index contributed by atoms with van der Waals surface area (Å²) in [5.74, 6) is 0.949. The number of piperidine rings is 1. The van der Waals surface area contributed by atoms with E-state index in [0.717, 1.165) is 57.1 Å². The number of benzene rings is 1. The largest absolute Gasteiger partial charge is 0.416 e. The third kappa shape index (κ3) is 4.27. The number of carbonyl (C=O) groups excluding carboxylic acids is 1. The van der Waals surface area contributed by atoms with Gasteiger partial charge in [-0.25, -0.2) is 0 Å². The highest BCUT2D eigenvalue weighted by atomic mass is 19.4. The molecule has 0 N–H and O–H groups in total. The van der Waals surface area contributed by atoms with Crippen LogP contribution in [0.2, 0.25) is 0 Å². The molecule has 1 aliphatic carbocycles. The first-order chi connectivity index (χ1) is 16.2. The van der Waals surface area contributed by atoms with Crippen molar-refractivity contribution in [2.45, 2.75) is 83.6 Å². The lowest BCUT2D eigenvalue weighted by Gasteiger charge is -2.47. The molecule has 1 aromatic rings. The Kier molecular flexibility index (Phi) is 6.47. The summed E-state index contributed by atoms with van der Waals surface area (Å²) in [7, 11) is 0. The average Bonchev–Trinajstić information content (AvgIpc) is 3.28.